The van der Waals surface area contributed by atoms with Crippen molar-refractivity contribution in [2.75, 3.05) is 13.2 Å². The highest BCUT2D eigenvalue weighted by atomic mass is 16.3. The molecule has 0 aliphatic carbocycles. The number of carbonyl (C=O) groups is 1. The van der Waals surface area contributed by atoms with Crippen LogP contribution in [0.2, 0.25) is 0 Å². The van der Waals surface area contributed by atoms with Gasteiger partial charge >= 0.3 is 0 Å². The van der Waals surface area contributed by atoms with E-state index in [-0.39, 0.29) is 12.5 Å². The van der Waals surface area contributed by atoms with E-state index in [9.17, 15) is 4.79 Å². The fraction of sp³-hybridized carbons (Fsp3) is 0.889. The van der Waals surface area contributed by atoms with Crippen molar-refractivity contribution in [3.8, 4) is 0 Å². The van der Waals surface area contributed by atoms with Crippen LogP contribution >= 0.6 is 0 Å². The topological polar surface area (TPSA) is 49.3 Å². The summed E-state index contributed by atoms with van der Waals surface area (Å²) in [5, 5.41) is 11.2. The van der Waals surface area contributed by atoms with Crippen LogP contribution in [0.25, 0.3) is 0 Å². The lowest BCUT2D eigenvalue weighted by Gasteiger charge is -2.08. The summed E-state index contributed by atoms with van der Waals surface area (Å²) in [7, 11) is 0. The molecule has 0 spiro atoms. The molecule has 72 valence electrons. The normalized spacial score (nSPS) is 12.6. The van der Waals surface area contributed by atoms with Crippen LogP contribution in [0, 0.1) is 5.92 Å². The van der Waals surface area contributed by atoms with Crippen LogP contribution in [-0.2, 0) is 4.79 Å². The van der Waals surface area contributed by atoms with Crippen molar-refractivity contribution in [3.05, 3.63) is 0 Å². The molecule has 12 heavy (non-hydrogen) atoms. The number of hydrogen-bond donors (Lipinski definition) is 2. The smallest absolute Gasteiger partial charge is 0.220 e. The summed E-state index contributed by atoms with van der Waals surface area (Å²) in [6.45, 7) is 4.87. The Morgan fingerprint density at radius 1 is 1.58 bits per heavy atom. The van der Waals surface area contributed by atoms with Gasteiger partial charge in [-0.15, -0.1) is 0 Å². The van der Waals surface area contributed by atoms with E-state index in [1.54, 1.807) is 0 Å². The van der Waals surface area contributed by atoms with Gasteiger partial charge in [-0.3, -0.25) is 4.79 Å². The molecule has 0 saturated carbocycles. The van der Waals surface area contributed by atoms with Crippen molar-refractivity contribution in [1.29, 1.82) is 0 Å². The van der Waals surface area contributed by atoms with Crippen LogP contribution in [0.5, 0.6) is 0 Å². The molecule has 0 bridgehead atoms. The fourth-order valence-corrected chi connectivity index (χ4v) is 0.840. The monoisotopic (exact) mass is 173 g/mol. The highest BCUT2D eigenvalue weighted by molar-refractivity contribution is 5.76. The summed E-state index contributed by atoms with van der Waals surface area (Å²) in [4.78, 5) is 11.1. The van der Waals surface area contributed by atoms with Gasteiger partial charge in [0.2, 0.25) is 5.91 Å². The molecular weight excluding hydrogens is 154 g/mol. The minimum absolute atomic E-state index is 0.0952. The van der Waals surface area contributed by atoms with E-state index in [0.29, 0.717) is 25.3 Å². The molecule has 0 heterocycles. The molecule has 0 fully saturated rings. The van der Waals surface area contributed by atoms with Gasteiger partial charge in [-0.25, -0.2) is 0 Å². The summed E-state index contributed by atoms with van der Waals surface area (Å²) < 4.78 is 0. The van der Waals surface area contributed by atoms with Gasteiger partial charge in [0.25, 0.3) is 0 Å². The van der Waals surface area contributed by atoms with Gasteiger partial charge in [-0.2, -0.15) is 0 Å². The molecule has 0 aromatic heterocycles. The highest BCUT2D eigenvalue weighted by Crippen LogP contribution is 2.05. The Balaban J connectivity index is 3.33. The van der Waals surface area contributed by atoms with E-state index in [0.717, 1.165) is 6.42 Å². The lowest BCUT2D eigenvalue weighted by Crippen LogP contribution is -2.26. The first-order valence-corrected chi connectivity index (χ1v) is 4.58. The van der Waals surface area contributed by atoms with Crippen LogP contribution in [0.3, 0.4) is 0 Å². The molecule has 3 heteroatoms. The second-order valence-corrected chi connectivity index (χ2v) is 3.14. The summed E-state index contributed by atoms with van der Waals surface area (Å²) >= 11 is 0. The van der Waals surface area contributed by atoms with Gasteiger partial charge in [0.1, 0.15) is 0 Å². The molecule has 0 radical (unpaired) electrons. The quantitative estimate of drug-likeness (QED) is 0.587. The maximum absolute atomic E-state index is 11.1. The summed E-state index contributed by atoms with van der Waals surface area (Å²) in [6.07, 6.45) is 2.28. The Morgan fingerprint density at radius 3 is 2.75 bits per heavy atom. The molecule has 2 N–H and O–H groups in total. The van der Waals surface area contributed by atoms with Gasteiger partial charge in [0.15, 0.2) is 0 Å². The lowest BCUT2D eigenvalue weighted by atomic mass is 10.1. The van der Waals surface area contributed by atoms with E-state index < -0.39 is 0 Å². The van der Waals surface area contributed by atoms with Crippen LogP contribution in [0.15, 0.2) is 0 Å². The second kappa shape index (κ2) is 7.10. The molecule has 3 nitrogen and oxygen atoms in total. The fourth-order valence-electron chi connectivity index (χ4n) is 0.840. The molecule has 0 rings (SSSR count). The standard InChI is InChI=1S/C9H19NO2/c1-3-8(2)7-9(12)10-5-4-6-11/h8,11H,3-7H2,1-2H3,(H,10,12)/t8-/m0/s1. The van der Waals surface area contributed by atoms with Crippen LogP contribution < -0.4 is 5.32 Å². The molecule has 1 amide bonds. The molecule has 0 aliphatic rings. The third kappa shape index (κ3) is 6.16. The first kappa shape index (κ1) is 11.4. The van der Waals surface area contributed by atoms with Crippen molar-refractivity contribution in [2.24, 2.45) is 5.92 Å². The Hall–Kier alpha value is -0.570. The number of aliphatic hydroxyl groups is 1. The molecule has 1 atom stereocenters. The maximum Gasteiger partial charge on any atom is 0.220 e. The van der Waals surface area contributed by atoms with Gasteiger partial charge in [0.05, 0.1) is 0 Å². The van der Waals surface area contributed by atoms with Crippen molar-refractivity contribution in [3.63, 3.8) is 0 Å². The van der Waals surface area contributed by atoms with E-state index in [1.807, 2.05) is 0 Å². The van der Waals surface area contributed by atoms with E-state index in [1.165, 1.54) is 0 Å². The van der Waals surface area contributed by atoms with E-state index >= 15 is 0 Å². The maximum atomic E-state index is 11.1. The Labute approximate surface area is 74.2 Å². The number of carbonyl (C=O) groups excluding carboxylic acids is 1. The Kier molecular flexibility index (Phi) is 6.76. The Morgan fingerprint density at radius 2 is 2.25 bits per heavy atom. The van der Waals surface area contributed by atoms with Gasteiger partial charge < -0.3 is 10.4 Å². The van der Waals surface area contributed by atoms with Crippen molar-refractivity contribution in [2.45, 2.75) is 33.1 Å². The zero-order valence-electron chi connectivity index (χ0n) is 7.97. The zero-order chi connectivity index (χ0) is 9.40. The van der Waals surface area contributed by atoms with Crippen LogP contribution in [0.4, 0.5) is 0 Å². The van der Waals surface area contributed by atoms with E-state index in [4.69, 9.17) is 5.11 Å². The number of amides is 1. The summed E-state index contributed by atoms with van der Waals surface area (Å²) in [6, 6.07) is 0. The molecule has 0 aromatic carbocycles. The van der Waals surface area contributed by atoms with Gasteiger partial charge in [-0.05, 0) is 12.3 Å². The van der Waals surface area contributed by atoms with Crippen LogP contribution in [0.1, 0.15) is 33.1 Å². The molecular formula is C9H19NO2. The van der Waals surface area contributed by atoms with Crippen molar-refractivity contribution < 1.29 is 9.90 Å². The number of nitrogens with one attached hydrogen (secondary N) is 1. The minimum Gasteiger partial charge on any atom is -0.396 e. The van der Waals surface area contributed by atoms with E-state index in [2.05, 4.69) is 19.2 Å². The first-order valence-electron chi connectivity index (χ1n) is 4.58. The number of rotatable bonds is 6. The van der Waals surface area contributed by atoms with Gasteiger partial charge in [0, 0.05) is 19.6 Å². The predicted molar refractivity (Wildman–Crippen MR) is 48.8 cm³/mol. The molecule has 0 aliphatic heterocycles. The van der Waals surface area contributed by atoms with Crippen molar-refractivity contribution in [1.82, 2.24) is 5.32 Å². The second-order valence-electron chi connectivity index (χ2n) is 3.14. The highest BCUT2D eigenvalue weighted by Gasteiger charge is 2.05. The lowest BCUT2D eigenvalue weighted by molar-refractivity contribution is -0.121. The zero-order valence-corrected chi connectivity index (χ0v) is 7.97. The average Bonchev–Trinajstić information content (AvgIpc) is 2.05. The third-order valence-electron chi connectivity index (χ3n) is 1.89. The van der Waals surface area contributed by atoms with Crippen molar-refractivity contribution >= 4 is 5.91 Å². The predicted octanol–water partition coefficient (Wildman–Crippen LogP) is 0.921. The number of aliphatic hydroxyl groups excluding tert-OH is 1. The molecule has 0 unspecified atom stereocenters. The number of hydrogen-bond acceptors (Lipinski definition) is 2. The summed E-state index contributed by atoms with van der Waals surface area (Å²) in [5.41, 5.74) is 0. The average molecular weight is 173 g/mol. The third-order valence-corrected chi connectivity index (χ3v) is 1.89. The summed E-state index contributed by atoms with van der Waals surface area (Å²) in [5.74, 6) is 0.553. The first-order chi connectivity index (χ1) is 5.70. The molecule has 0 aromatic rings. The van der Waals surface area contributed by atoms with Gasteiger partial charge in [-0.1, -0.05) is 20.3 Å². The largest absolute Gasteiger partial charge is 0.396 e. The SMILES string of the molecule is CC[C@H](C)CC(=O)NCCCO. The minimum atomic E-state index is 0.0952. The Bertz CT molecular complexity index is 126. The van der Waals surface area contributed by atoms with Crippen LogP contribution in [-0.4, -0.2) is 24.2 Å². The molecule has 0 saturated heterocycles.